The second kappa shape index (κ2) is 14.7. The van der Waals surface area contributed by atoms with Gasteiger partial charge in [-0.1, -0.05) is 30.3 Å². The maximum absolute atomic E-state index is 15.0. The second-order valence-electron chi connectivity index (χ2n) is 12.1. The first-order valence-corrected chi connectivity index (χ1v) is 15.8. The SMILES string of the molecule is COc1cc(CCC(=O)O)cc(OC)c1OC1CCCN(CC(O)(c2cn(Cc3ccccc3)c3cc([N+](=O)[O-])ccc23)C(F)(F)F)CC1. The molecule has 0 radical (unpaired) electrons. The average molecular weight is 686 g/mol. The van der Waals surface area contributed by atoms with Crippen LogP contribution in [0.15, 0.2) is 66.9 Å². The van der Waals surface area contributed by atoms with E-state index >= 15 is 13.2 Å². The number of alkyl halides is 3. The number of likely N-dealkylation sites (tertiary alicyclic amines) is 1. The number of carboxylic acids is 1. The molecule has 49 heavy (non-hydrogen) atoms. The number of β-amino-alcohol motifs (C(OH)–C–C–N with tert-alkyl or cyclic N) is 1. The molecule has 2 atom stereocenters. The van der Waals surface area contributed by atoms with E-state index < -0.39 is 35.3 Å². The number of fused-ring (bicyclic) bond motifs is 1. The van der Waals surface area contributed by atoms with Crippen molar-refractivity contribution in [3.05, 3.63) is 93.7 Å². The zero-order valence-corrected chi connectivity index (χ0v) is 27.1. The molecular weight excluding hydrogens is 647 g/mol. The van der Waals surface area contributed by atoms with E-state index in [4.69, 9.17) is 19.3 Å². The minimum atomic E-state index is -5.08. The summed E-state index contributed by atoms with van der Waals surface area (Å²) in [6.07, 6.45) is -2.75. The van der Waals surface area contributed by atoms with Crippen LogP contribution in [-0.4, -0.2) is 76.7 Å². The van der Waals surface area contributed by atoms with Crippen LogP contribution in [0.2, 0.25) is 0 Å². The maximum Gasteiger partial charge on any atom is 0.422 e. The largest absolute Gasteiger partial charge is 0.493 e. The minimum absolute atomic E-state index is 0.0726. The summed E-state index contributed by atoms with van der Waals surface area (Å²) >= 11 is 0. The van der Waals surface area contributed by atoms with Gasteiger partial charge in [0.2, 0.25) is 11.4 Å². The molecule has 11 nitrogen and oxygen atoms in total. The van der Waals surface area contributed by atoms with Gasteiger partial charge >= 0.3 is 12.1 Å². The zero-order valence-electron chi connectivity index (χ0n) is 27.1. The van der Waals surface area contributed by atoms with Crippen molar-refractivity contribution in [3.63, 3.8) is 0 Å². The average Bonchev–Trinajstić information content (AvgIpc) is 3.28. The number of methoxy groups -OCH3 is 2. The standard InChI is InChI=1S/C35H38F3N3O8/c1-47-30-17-24(10-13-32(42)43)18-31(48-2)33(30)49-26-9-6-15-39(16-14-26)22-34(44,35(36,37)38)28-21-40(20-23-7-4-3-5-8-23)29-19-25(41(45)46)11-12-27(28)29/h3-5,7-8,11-12,17-19,21,26,44H,6,9-10,13-16,20,22H2,1-2H3,(H,42,43). The Morgan fingerprint density at radius 2 is 1.69 bits per heavy atom. The third-order valence-corrected chi connectivity index (χ3v) is 8.84. The molecule has 14 heteroatoms. The van der Waals surface area contributed by atoms with Crippen LogP contribution in [0.5, 0.6) is 17.2 Å². The van der Waals surface area contributed by atoms with E-state index in [0.717, 1.165) is 11.6 Å². The van der Waals surface area contributed by atoms with Crippen LogP contribution >= 0.6 is 0 Å². The Morgan fingerprint density at radius 1 is 1.00 bits per heavy atom. The van der Waals surface area contributed by atoms with Gasteiger partial charge in [0.05, 0.1) is 24.7 Å². The molecule has 1 saturated heterocycles. The third-order valence-electron chi connectivity index (χ3n) is 8.84. The normalized spacial score (nSPS) is 16.9. The Morgan fingerprint density at radius 3 is 2.31 bits per heavy atom. The van der Waals surface area contributed by atoms with Crippen LogP contribution in [0.1, 0.15) is 42.4 Å². The molecule has 2 unspecified atom stereocenters. The zero-order chi connectivity index (χ0) is 35.3. The van der Waals surface area contributed by atoms with Gasteiger partial charge < -0.3 is 29.0 Å². The molecule has 5 rings (SSSR count). The molecule has 0 spiro atoms. The quantitative estimate of drug-likeness (QED) is 0.122. The molecule has 0 bridgehead atoms. The lowest BCUT2D eigenvalue weighted by molar-refractivity contribution is -0.384. The van der Waals surface area contributed by atoms with Crippen molar-refractivity contribution in [1.29, 1.82) is 0 Å². The molecule has 1 aliphatic rings. The lowest BCUT2D eigenvalue weighted by Crippen LogP contribution is -2.51. The van der Waals surface area contributed by atoms with Crippen molar-refractivity contribution in [3.8, 4) is 17.2 Å². The number of aryl methyl sites for hydroxylation is 1. The first kappa shape index (κ1) is 35.5. The Balaban J connectivity index is 1.40. The minimum Gasteiger partial charge on any atom is -0.493 e. The molecule has 1 fully saturated rings. The predicted molar refractivity (Wildman–Crippen MR) is 174 cm³/mol. The number of aromatic nitrogens is 1. The van der Waals surface area contributed by atoms with Gasteiger partial charge in [0, 0.05) is 55.3 Å². The molecule has 1 aromatic heterocycles. The predicted octanol–water partition coefficient (Wildman–Crippen LogP) is 6.32. The molecule has 2 N–H and O–H groups in total. The number of hydrogen-bond donors (Lipinski definition) is 2. The molecule has 0 amide bonds. The number of benzene rings is 3. The number of nitro benzene ring substituents is 1. The molecule has 3 aromatic carbocycles. The monoisotopic (exact) mass is 685 g/mol. The van der Waals surface area contributed by atoms with Crippen LogP contribution in [-0.2, 0) is 23.4 Å². The maximum atomic E-state index is 15.0. The number of nitrogens with zero attached hydrogens (tertiary/aromatic N) is 3. The van der Waals surface area contributed by atoms with E-state index in [2.05, 4.69) is 0 Å². The highest BCUT2D eigenvalue weighted by Crippen LogP contribution is 2.45. The van der Waals surface area contributed by atoms with Gasteiger partial charge in [-0.2, -0.15) is 13.2 Å². The van der Waals surface area contributed by atoms with Gasteiger partial charge in [0.15, 0.2) is 11.5 Å². The van der Waals surface area contributed by atoms with E-state index in [9.17, 15) is 20.0 Å². The van der Waals surface area contributed by atoms with Gasteiger partial charge in [-0.25, -0.2) is 0 Å². The summed E-state index contributed by atoms with van der Waals surface area (Å²) in [7, 11) is 2.90. The van der Waals surface area contributed by atoms with Crippen LogP contribution in [0.3, 0.4) is 0 Å². The number of aliphatic carboxylic acids is 1. The van der Waals surface area contributed by atoms with Gasteiger partial charge in [0.1, 0.15) is 6.10 Å². The Hall–Kier alpha value is -4.82. The summed E-state index contributed by atoms with van der Waals surface area (Å²) in [5, 5.41) is 32.3. The fraction of sp³-hybridized carbons (Fsp3) is 0.400. The number of carboxylic acid groups (broad SMARTS) is 1. The number of halogens is 3. The molecule has 0 aliphatic carbocycles. The smallest absolute Gasteiger partial charge is 0.422 e. The fourth-order valence-corrected chi connectivity index (χ4v) is 6.30. The van der Waals surface area contributed by atoms with E-state index in [0.29, 0.717) is 42.1 Å². The Kier molecular flexibility index (Phi) is 10.7. The summed E-state index contributed by atoms with van der Waals surface area (Å²) in [6, 6.07) is 16.0. The summed E-state index contributed by atoms with van der Waals surface area (Å²) in [5.41, 5.74) is -2.28. The van der Waals surface area contributed by atoms with Gasteiger partial charge in [-0.15, -0.1) is 0 Å². The Bertz CT molecular complexity index is 1770. The number of hydrogen-bond acceptors (Lipinski definition) is 8. The van der Waals surface area contributed by atoms with Crippen molar-refractivity contribution in [2.75, 3.05) is 33.9 Å². The second-order valence-corrected chi connectivity index (χ2v) is 12.1. The summed E-state index contributed by atoms with van der Waals surface area (Å²) in [6.45, 7) is -0.175. The molecule has 4 aromatic rings. The van der Waals surface area contributed by atoms with Gasteiger partial charge in [0.25, 0.3) is 5.69 Å². The van der Waals surface area contributed by atoms with Crippen molar-refractivity contribution in [2.24, 2.45) is 0 Å². The number of ether oxygens (including phenoxy) is 3. The van der Waals surface area contributed by atoms with Gasteiger partial charge in [-0.05, 0) is 61.6 Å². The van der Waals surface area contributed by atoms with E-state index in [1.807, 2.05) is 0 Å². The van der Waals surface area contributed by atoms with Gasteiger partial charge in [-0.3, -0.25) is 19.8 Å². The Labute approximate surface area is 280 Å². The molecule has 2 heterocycles. The fourth-order valence-electron chi connectivity index (χ4n) is 6.30. The van der Waals surface area contributed by atoms with E-state index in [-0.39, 0.29) is 54.6 Å². The van der Waals surface area contributed by atoms with Crippen molar-refractivity contribution in [1.82, 2.24) is 9.47 Å². The number of nitro groups is 1. The molecule has 1 aliphatic heterocycles. The molecular formula is C35H38F3N3O8. The lowest BCUT2D eigenvalue weighted by atomic mass is 9.91. The highest BCUT2D eigenvalue weighted by Gasteiger charge is 2.57. The summed E-state index contributed by atoms with van der Waals surface area (Å²) in [5.74, 6) is 0.0640. The number of rotatable bonds is 13. The van der Waals surface area contributed by atoms with Crippen molar-refractivity contribution in [2.45, 2.75) is 56.5 Å². The third kappa shape index (κ3) is 7.92. The highest BCUT2D eigenvalue weighted by molar-refractivity contribution is 5.87. The van der Waals surface area contributed by atoms with Crippen molar-refractivity contribution < 1.29 is 47.3 Å². The van der Waals surface area contributed by atoms with Crippen LogP contribution in [0.25, 0.3) is 10.9 Å². The van der Waals surface area contributed by atoms with Crippen molar-refractivity contribution >= 4 is 22.6 Å². The topological polar surface area (TPSA) is 137 Å². The van der Waals surface area contributed by atoms with E-state index in [1.165, 1.54) is 37.1 Å². The molecule has 262 valence electrons. The first-order valence-electron chi connectivity index (χ1n) is 15.8. The van der Waals surface area contributed by atoms with Crippen LogP contribution < -0.4 is 14.2 Å². The van der Waals surface area contributed by atoms with E-state index in [1.54, 1.807) is 47.4 Å². The molecule has 0 saturated carbocycles. The first-order chi connectivity index (χ1) is 23.3. The van der Waals surface area contributed by atoms with Crippen LogP contribution in [0, 0.1) is 10.1 Å². The summed E-state index contributed by atoms with van der Waals surface area (Å²) < 4.78 is 63.8. The highest BCUT2D eigenvalue weighted by atomic mass is 19.4. The lowest BCUT2D eigenvalue weighted by Gasteiger charge is -2.35. The number of carbonyl (C=O) groups is 1. The van der Waals surface area contributed by atoms with Crippen LogP contribution in [0.4, 0.5) is 18.9 Å². The summed E-state index contributed by atoms with van der Waals surface area (Å²) in [4.78, 5) is 23.6. The number of non-ortho nitro benzene ring substituents is 1. The number of aliphatic hydroxyl groups is 1.